The molecule has 2 rings (SSSR count). The molecule has 1 aliphatic heterocycles. The first-order valence-electron chi connectivity index (χ1n) is 6.21. The first-order valence-corrected chi connectivity index (χ1v) is 8.41. The lowest BCUT2D eigenvalue weighted by Gasteiger charge is -2.36. The molecule has 1 fully saturated rings. The molecule has 0 saturated carbocycles. The Kier molecular flexibility index (Phi) is 4.40. The summed E-state index contributed by atoms with van der Waals surface area (Å²) in [6.45, 7) is 0.211. The Hall–Kier alpha value is -1.78. The second-order valence-electron chi connectivity index (χ2n) is 4.84. The number of carboxylic acid groups (broad SMARTS) is 1. The van der Waals surface area contributed by atoms with Crippen molar-refractivity contribution < 1.29 is 18.3 Å². The molecule has 0 bridgehead atoms. The highest BCUT2D eigenvalue weighted by Crippen LogP contribution is 2.28. The second-order valence-corrected chi connectivity index (χ2v) is 7.47. The lowest BCUT2D eigenvalue weighted by Crippen LogP contribution is -2.49. The van der Waals surface area contributed by atoms with E-state index >= 15 is 0 Å². The predicted octanol–water partition coefficient (Wildman–Crippen LogP) is 1.29. The molecule has 1 N–H and O–H groups in total. The number of hydrogen-bond acceptors (Lipinski definition) is 5. The van der Waals surface area contributed by atoms with Gasteiger partial charge in [-0.25, -0.2) is 8.42 Å². The van der Waals surface area contributed by atoms with Crippen molar-refractivity contribution in [1.29, 1.82) is 5.26 Å². The molecule has 1 atom stereocenters. The van der Waals surface area contributed by atoms with Gasteiger partial charge in [-0.3, -0.25) is 4.79 Å². The van der Waals surface area contributed by atoms with Crippen molar-refractivity contribution >= 4 is 33.1 Å². The number of aliphatic carboxylic acids is 1. The van der Waals surface area contributed by atoms with Crippen LogP contribution < -0.4 is 4.90 Å². The van der Waals surface area contributed by atoms with Crippen molar-refractivity contribution in [3.05, 3.63) is 28.8 Å². The summed E-state index contributed by atoms with van der Waals surface area (Å²) < 4.78 is 23.4. The molecule has 1 saturated heterocycles. The van der Waals surface area contributed by atoms with Crippen molar-refractivity contribution in [2.45, 2.75) is 12.5 Å². The number of halogens is 1. The lowest BCUT2D eigenvalue weighted by atomic mass is 10.1. The van der Waals surface area contributed by atoms with Gasteiger partial charge >= 0.3 is 5.97 Å². The maximum Gasteiger partial charge on any atom is 0.305 e. The van der Waals surface area contributed by atoms with E-state index in [2.05, 4.69) is 0 Å². The zero-order chi connectivity index (χ0) is 15.6. The number of hydrogen-bond donors (Lipinski definition) is 1. The number of benzene rings is 1. The van der Waals surface area contributed by atoms with E-state index in [4.69, 9.17) is 22.0 Å². The normalized spacial score (nSPS) is 20.8. The van der Waals surface area contributed by atoms with E-state index in [1.165, 1.54) is 0 Å². The summed E-state index contributed by atoms with van der Waals surface area (Å²) in [6.07, 6.45) is -0.267. The molecule has 1 aromatic carbocycles. The van der Waals surface area contributed by atoms with Gasteiger partial charge in [-0.05, 0) is 18.2 Å². The molecule has 21 heavy (non-hydrogen) atoms. The molecule has 1 aromatic rings. The van der Waals surface area contributed by atoms with E-state index in [0.29, 0.717) is 11.3 Å². The van der Waals surface area contributed by atoms with Crippen LogP contribution in [0, 0.1) is 11.3 Å². The van der Waals surface area contributed by atoms with Gasteiger partial charge in [0.25, 0.3) is 0 Å². The number of anilines is 1. The van der Waals surface area contributed by atoms with Gasteiger partial charge in [0.05, 0.1) is 34.6 Å². The summed E-state index contributed by atoms with van der Waals surface area (Å²) in [5.41, 5.74) is 0.944. The van der Waals surface area contributed by atoms with Crippen molar-refractivity contribution in [3.8, 4) is 6.07 Å². The number of sulfone groups is 1. The van der Waals surface area contributed by atoms with E-state index in [0.717, 1.165) is 0 Å². The van der Waals surface area contributed by atoms with E-state index in [1.54, 1.807) is 23.1 Å². The Balaban J connectivity index is 2.34. The van der Waals surface area contributed by atoms with Crippen LogP contribution in [-0.4, -0.2) is 43.6 Å². The minimum Gasteiger partial charge on any atom is -0.481 e. The fourth-order valence-corrected chi connectivity index (χ4v) is 4.11. The SMILES string of the molecule is N#Cc1ccc(N2CCS(=O)(=O)CC2CC(=O)O)cc1Cl. The number of carbonyl (C=O) groups is 1. The number of nitriles is 1. The van der Waals surface area contributed by atoms with Crippen LogP contribution in [-0.2, 0) is 14.6 Å². The average molecular weight is 329 g/mol. The fourth-order valence-electron chi connectivity index (χ4n) is 2.37. The van der Waals surface area contributed by atoms with Crippen LogP contribution >= 0.6 is 11.6 Å². The number of nitrogens with zero attached hydrogens (tertiary/aromatic N) is 2. The number of rotatable bonds is 3. The average Bonchev–Trinajstić information content (AvgIpc) is 2.37. The molecule has 112 valence electrons. The quantitative estimate of drug-likeness (QED) is 0.897. The van der Waals surface area contributed by atoms with Crippen LogP contribution in [0.1, 0.15) is 12.0 Å². The van der Waals surface area contributed by atoms with Crippen LogP contribution in [0.25, 0.3) is 0 Å². The maximum atomic E-state index is 11.7. The topological polar surface area (TPSA) is 98.5 Å². The molecule has 0 radical (unpaired) electrons. The highest BCUT2D eigenvalue weighted by atomic mass is 35.5. The molecular weight excluding hydrogens is 316 g/mol. The second kappa shape index (κ2) is 5.92. The summed E-state index contributed by atoms with van der Waals surface area (Å²) in [5, 5.41) is 18.1. The Labute approximate surface area is 127 Å². The smallest absolute Gasteiger partial charge is 0.305 e. The van der Waals surface area contributed by atoms with Crippen LogP contribution in [0.2, 0.25) is 5.02 Å². The molecule has 1 heterocycles. The molecule has 0 aliphatic carbocycles. The zero-order valence-corrected chi connectivity index (χ0v) is 12.6. The van der Waals surface area contributed by atoms with Crippen LogP contribution in [0.15, 0.2) is 18.2 Å². The summed E-state index contributed by atoms with van der Waals surface area (Å²) in [6, 6.07) is 6.06. The highest BCUT2D eigenvalue weighted by Gasteiger charge is 2.33. The molecule has 0 amide bonds. The molecule has 0 aromatic heterocycles. The Morgan fingerprint density at radius 2 is 2.24 bits per heavy atom. The van der Waals surface area contributed by atoms with Crippen LogP contribution in [0.3, 0.4) is 0 Å². The van der Waals surface area contributed by atoms with Gasteiger partial charge in [0.1, 0.15) is 6.07 Å². The van der Waals surface area contributed by atoms with Gasteiger partial charge in [-0.1, -0.05) is 11.6 Å². The molecule has 0 spiro atoms. The number of carboxylic acids is 1. The zero-order valence-electron chi connectivity index (χ0n) is 11.0. The van der Waals surface area contributed by atoms with E-state index in [1.807, 2.05) is 6.07 Å². The molecule has 1 unspecified atom stereocenters. The largest absolute Gasteiger partial charge is 0.481 e. The Morgan fingerprint density at radius 1 is 1.52 bits per heavy atom. The van der Waals surface area contributed by atoms with Gasteiger partial charge in [-0.15, -0.1) is 0 Å². The Morgan fingerprint density at radius 3 is 2.81 bits per heavy atom. The van der Waals surface area contributed by atoms with Crippen molar-refractivity contribution in [3.63, 3.8) is 0 Å². The van der Waals surface area contributed by atoms with Gasteiger partial charge in [0, 0.05) is 12.2 Å². The van der Waals surface area contributed by atoms with Crippen LogP contribution in [0.5, 0.6) is 0 Å². The first-order chi connectivity index (χ1) is 9.82. The maximum absolute atomic E-state index is 11.7. The molecule has 8 heteroatoms. The Bertz CT molecular complexity index is 711. The molecular formula is C13H13ClN2O4S. The summed E-state index contributed by atoms with van der Waals surface area (Å²) >= 11 is 5.97. The van der Waals surface area contributed by atoms with Gasteiger partial charge in [0.15, 0.2) is 9.84 Å². The minimum atomic E-state index is -3.23. The standard InChI is InChI=1S/C13H13ClN2O4S/c14-12-5-10(2-1-9(12)7-15)16-3-4-21(19,20)8-11(16)6-13(17)18/h1-2,5,11H,3-4,6,8H2,(H,17,18). The highest BCUT2D eigenvalue weighted by molar-refractivity contribution is 7.91. The monoisotopic (exact) mass is 328 g/mol. The van der Waals surface area contributed by atoms with Gasteiger partial charge in [-0.2, -0.15) is 5.26 Å². The molecule has 1 aliphatic rings. The van der Waals surface area contributed by atoms with Gasteiger partial charge in [0.2, 0.25) is 0 Å². The van der Waals surface area contributed by atoms with Crippen molar-refractivity contribution in [1.82, 2.24) is 0 Å². The van der Waals surface area contributed by atoms with E-state index in [-0.39, 0.29) is 29.5 Å². The summed E-state index contributed by atoms with van der Waals surface area (Å²) in [4.78, 5) is 12.7. The first kappa shape index (κ1) is 15.6. The minimum absolute atomic E-state index is 0.0270. The summed E-state index contributed by atoms with van der Waals surface area (Å²) in [5.74, 6) is -1.28. The lowest BCUT2D eigenvalue weighted by molar-refractivity contribution is -0.137. The van der Waals surface area contributed by atoms with Gasteiger partial charge < -0.3 is 10.0 Å². The van der Waals surface area contributed by atoms with E-state index < -0.39 is 21.8 Å². The fraction of sp³-hybridized carbons (Fsp3) is 0.385. The van der Waals surface area contributed by atoms with Crippen molar-refractivity contribution in [2.24, 2.45) is 0 Å². The molecule has 6 nitrogen and oxygen atoms in total. The van der Waals surface area contributed by atoms with E-state index in [9.17, 15) is 13.2 Å². The third kappa shape index (κ3) is 3.65. The third-order valence-corrected chi connectivity index (χ3v) is 5.36. The van der Waals surface area contributed by atoms with Crippen molar-refractivity contribution in [2.75, 3.05) is 23.0 Å². The third-order valence-electron chi connectivity index (χ3n) is 3.35. The summed E-state index contributed by atoms with van der Waals surface area (Å²) in [7, 11) is -3.23. The van der Waals surface area contributed by atoms with Crippen LogP contribution in [0.4, 0.5) is 5.69 Å². The predicted molar refractivity (Wildman–Crippen MR) is 78.2 cm³/mol.